The molecule has 4 N–H and O–H groups in total. The van der Waals surface area contributed by atoms with E-state index in [4.69, 9.17) is 11.5 Å². The predicted molar refractivity (Wildman–Crippen MR) is 63.1 cm³/mol. The molecule has 0 saturated carbocycles. The molecular formula is C10H17N5O2. The monoisotopic (exact) mass is 239 g/mol. The second-order valence-corrected chi connectivity index (χ2v) is 3.56. The molecule has 0 unspecified atom stereocenters. The predicted octanol–water partition coefficient (Wildman–Crippen LogP) is -0.567. The number of anilines is 1. The van der Waals surface area contributed by atoms with Gasteiger partial charge >= 0.3 is 0 Å². The molecule has 94 valence electrons. The van der Waals surface area contributed by atoms with Crippen LogP contribution in [0.25, 0.3) is 0 Å². The van der Waals surface area contributed by atoms with E-state index in [0.29, 0.717) is 13.1 Å². The average Bonchev–Trinajstić information content (AvgIpc) is 2.61. The Bertz CT molecular complexity index is 422. The van der Waals surface area contributed by atoms with E-state index in [9.17, 15) is 9.59 Å². The highest BCUT2D eigenvalue weighted by atomic mass is 16.2. The first-order valence-electron chi connectivity index (χ1n) is 5.40. The first kappa shape index (κ1) is 13.0. The number of rotatable bonds is 5. The molecule has 0 spiro atoms. The van der Waals surface area contributed by atoms with Gasteiger partial charge < -0.3 is 16.4 Å². The Balaban J connectivity index is 2.79. The van der Waals surface area contributed by atoms with Gasteiger partial charge in [-0.15, -0.1) is 0 Å². The van der Waals surface area contributed by atoms with E-state index in [-0.39, 0.29) is 23.8 Å². The van der Waals surface area contributed by atoms with Crippen LogP contribution in [0, 0.1) is 0 Å². The van der Waals surface area contributed by atoms with E-state index >= 15 is 0 Å². The molecule has 7 heteroatoms. The Hall–Kier alpha value is -2.05. The molecule has 1 heterocycles. The maximum atomic E-state index is 11.8. The van der Waals surface area contributed by atoms with Crippen molar-refractivity contribution in [1.82, 2.24) is 14.7 Å². The number of primary amides is 1. The van der Waals surface area contributed by atoms with Crippen LogP contribution in [0.3, 0.4) is 0 Å². The van der Waals surface area contributed by atoms with Crippen LogP contribution in [-0.2, 0) is 11.3 Å². The molecule has 0 aliphatic rings. The lowest BCUT2D eigenvalue weighted by Gasteiger charge is -2.18. The highest BCUT2D eigenvalue weighted by Crippen LogP contribution is 2.08. The van der Waals surface area contributed by atoms with Gasteiger partial charge in [0.15, 0.2) is 5.69 Å². The quantitative estimate of drug-likeness (QED) is 0.717. The second kappa shape index (κ2) is 5.33. The van der Waals surface area contributed by atoms with Crippen LogP contribution in [0.15, 0.2) is 6.20 Å². The summed E-state index contributed by atoms with van der Waals surface area (Å²) in [4.78, 5) is 24.4. The van der Waals surface area contributed by atoms with E-state index in [0.717, 1.165) is 0 Å². The number of hydrogen-bond donors (Lipinski definition) is 2. The number of carbonyl (C=O) groups is 2. The minimum absolute atomic E-state index is 0.00246. The number of likely N-dealkylation sites (N-methyl/N-ethyl adjacent to an activating group) is 1. The van der Waals surface area contributed by atoms with Crippen LogP contribution in [0.4, 0.5) is 5.69 Å². The van der Waals surface area contributed by atoms with Crippen molar-refractivity contribution in [3.05, 3.63) is 11.9 Å². The summed E-state index contributed by atoms with van der Waals surface area (Å²) in [6, 6.07) is 0. The van der Waals surface area contributed by atoms with Crippen molar-refractivity contribution < 1.29 is 9.59 Å². The molecule has 1 rings (SSSR count). The maximum Gasteiger partial charge on any atom is 0.271 e. The van der Waals surface area contributed by atoms with Crippen molar-refractivity contribution in [3.8, 4) is 0 Å². The lowest BCUT2D eigenvalue weighted by molar-refractivity contribution is -0.131. The van der Waals surface area contributed by atoms with Gasteiger partial charge in [-0.1, -0.05) is 0 Å². The van der Waals surface area contributed by atoms with Crippen LogP contribution in [0.2, 0.25) is 0 Å². The van der Waals surface area contributed by atoms with Crippen molar-refractivity contribution in [3.63, 3.8) is 0 Å². The molecule has 0 aliphatic carbocycles. The number of nitrogens with zero attached hydrogens (tertiary/aromatic N) is 3. The number of amides is 2. The number of hydrogen-bond acceptors (Lipinski definition) is 4. The van der Waals surface area contributed by atoms with Gasteiger partial charge in [0.1, 0.15) is 6.54 Å². The average molecular weight is 239 g/mol. The Kier molecular flexibility index (Phi) is 4.08. The van der Waals surface area contributed by atoms with Crippen molar-refractivity contribution in [2.45, 2.75) is 20.4 Å². The number of nitrogen functional groups attached to an aromatic ring is 1. The van der Waals surface area contributed by atoms with Crippen LogP contribution in [-0.4, -0.2) is 39.6 Å². The Morgan fingerprint density at radius 1 is 1.41 bits per heavy atom. The fourth-order valence-electron chi connectivity index (χ4n) is 1.52. The van der Waals surface area contributed by atoms with E-state index in [1.165, 1.54) is 10.9 Å². The van der Waals surface area contributed by atoms with Crippen LogP contribution in [0.1, 0.15) is 24.3 Å². The van der Waals surface area contributed by atoms with Crippen molar-refractivity contribution in [2.24, 2.45) is 5.73 Å². The first-order chi connectivity index (χ1) is 7.99. The molecule has 2 amide bonds. The second-order valence-electron chi connectivity index (χ2n) is 3.56. The minimum Gasteiger partial charge on any atom is -0.396 e. The largest absolute Gasteiger partial charge is 0.396 e. The molecule has 0 fully saturated rings. The SMILES string of the molecule is CCN(CC)C(=O)Cn1cc(N)c(C(N)=O)n1. The van der Waals surface area contributed by atoms with E-state index < -0.39 is 5.91 Å². The van der Waals surface area contributed by atoms with Crippen LogP contribution < -0.4 is 11.5 Å². The molecule has 0 bridgehead atoms. The summed E-state index contributed by atoms with van der Waals surface area (Å²) in [5.41, 5.74) is 10.8. The Morgan fingerprint density at radius 2 is 2.00 bits per heavy atom. The Labute approximate surface area is 99.4 Å². The smallest absolute Gasteiger partial charge is 0.271 e. The van der Waals surface area contributed by atoms with Crippen molar-refractivity contribution >= 4 is 17.5 Å². The normalized spacial score (nSPS) is 10.2. The van der Waals surface area contributed by atoms with Gasteiger partial charge in [-0.05, 0) is 13.8 Å². The maximum absolute atomic E-state index is 11.8. The van der Waals surface area contributed by atoms with E-state index in [1.807, 2.05) is 13.8 Å². The molecule has 0 aliphatic heterocycles. The summed E-state index contributed by atoms with van der Waals surface area (Å²) in [7, 11) is 0. The summed E-state index contributed by atoms with van der Waals surface area (Å²) in [5.74, 6) is -0.773. The molecule has 0 atom stereocenters. The number of nitrogens with two attached hydrogens (primary N) is 2. The van der Waals surface area contributed by atoms with Gasteiger partial charge in [-0.3, -0.25) is 14.3 Å². The molecule has 0 aromatic carbocycles. The van der Waals surface area contributed by atoms with E-state index in [2.05, 4.69) is 5.10 Å². The van der Waals surface area contributed by atoms with Gasteiger partial charge in [-0.2, -0.15) is 5.10 Å². The third-order valence-electron chi connectivity index (χ3n) is 2.44. The first-order valence-corrected chi connectivity index (χ1v) is 5.40. The molecule has 1 aromatic heterocycles. The fraction of sp³-hybridized carbons (Fsp3) is 0.500. The van der Waals surface area contributed by atoms with Gasteiger partial charge in [0.05, 0.1) is 5.69 Å². The topological polar surface area (TPSA) is 107 Å². The summed E-state index contributed by atoms with van der Waals surface area (Å²) in [6.07, 6.45) is 1.43. The standard InChI is InChI=1S/C10H17N5O2/c1-3-14(4-2)8(16)6-15-5-7(11)9(13-15)10(12)17/h5H,3-4,6,11H2,1-2H3,(H2,12,17). The summed E-state index contributed by atoms with van der Waals surface area (Å²) in [5, 5.41) is 3.87. The Morgan fingerprint density at radius 3 is 2.41 bits per heavy atom. The molecule has 0 radical (unpaired) electrons. The molecule has 1 aromatic rings. The van der Waals surface area contributed by atoms with Crippen LogP contribution in [0.5, 0.6) is 0 Å². The zero-order valence-corrected chi connectivity index (χ0v) is 10.0. The van der Waals surface area contributed by atoms with E-state index in [1.54, 1.807) is 4.90 Å². The van der Waals surface area contributed by atoms with Crippen molar-refractivity contribution in [1.29, 1.82) is 0 Å². The zero-order valence-electron chi connectivity index (χ0n) is 10.0. The summed E-state index contributed by atoms with van der Waals surface area (Å²) >= 11 is 0. The highest BCUT2D eigenvalue weighted by molar-refractivity contribution is 5.95. The lowest BCUT2D eigenvalue weighted by atomic mass is 10.4. The highest BCUT2D eigenvalue weighted by Gasteiger charge is 2.15. The van der Waals surface area contributed by atoms with Crippen molar-refractivity contribution in [2.75, 3.05) is 18.8 Å². The van der Waals surface area contributed by atoms with Gasteiger partial charge in [0, 0.05) is 19.3 Å². The third-order valence-corrected chi connectivity index (χ3v) is 2.44. The number of aromatic nitrogens is 2. The molecule has 17 heavy (non-hydrogen) atoms. The van der Waals surface area contributed by atoms with Gasteiger partial charge in [0.25, 0.3) is 5.91 Å². The zero-order chi connectivity index (χ0) is 13.0. The van der Waals surface area contributed by atoms with Crippen LogP contribution >= 0.6 is 0 Å². The molecular weight excluding hydrogens is 222 g/mol. The number of carbonyl (C=O) groups excluding carboxylic acids is 2. The minimum atomic E-state index is -0.698. The van der Waals surface area contributed by atoms with Gasteiger partial charge in [0.2, 0.25) is 5.91 Å². The molecule has 7 nitrogen and oxygen atoms in total. The summed E-state index contributed by atoms with van der Waals surface area (Å²) < 4.78 is 1.33. The summed E-state index contributed by atoms with van der Waals surface area (Å²) in [6.45, 7) is 5.12. The van der Waals surface area contributed by atoms with Gasteiger partial charge in [-0.25, -0.2) is 0 Å². The lowest BCUT2D eigenvalue weighted by Crippen LogP contribution is -2.33. The fourth-order valence-corrected chi connectivity index (χ4v) is 1.52. The molecule has 0 saturated heterocycles. The third kappa shape index (κ3) is 2.96.